The van der Waals surface area contributed by atoms with Crippen molar-refractivity contribution >= 4 is 5.96 Å². The first-order valence-electron chi connectivity index (χ1n) is 9.52. The number of nitrogens with zero attached hydrogens (tertiary/aromatic N) is 3. The van der Waals surface area contributed by atoms with E-state index in [1.807, 2.05) is 13.8 Å². The Hall–Kier alpha value is -1.56. The standard InChI is InChI=1S/C19H35N5O/c1-13(2)17(24-9-7-14(3)8-10-24)11-21-19(20-6)22-12-18-23-15(4)16(5)25-18/h13-14,17H,7-12H2,1-6H3,(H2,20,21,22). The minimum atomic E-state index is 0.525. The maximum atomic E-state index is 5.61. The predicted molar refractivity (Wildman–Crippen MR) is 103 cm³/mol. The van der Waals surface area contributed by atoms with Crippen LogP contribution in [0.4, 0.5) is 0 Å². The molecule has 1 aromatic heterocycles. The van der Waals surface area contributed by atoms with E-state index in [1.165, 1.54) is 25.9 Å². The fraction of sp³-hybridized carbons (Fsp3) is 0.789. The Morgan fingerprint density at radius 3 is 2.48 bits per heavy atom. The first-order chi connectivity index (χ1) is 11.9. The van der Waals surface area contributed by atoms with E-state index in [0.29, 0.717) is 24.4 Å². The minimum Gasteiger partial charge on any atom is -0.444 e. The van der Waals surface area contributed by atoms with Gasteiger partial charge in [0.05, 0.1) is 12.2 Å². The largest absolute Gasteiger partial charge is 0.444 e. The van der Waals surface area contributed by atoms with Gasteiger partial charge in [-0.1, -0.05) is 20.8 Å². The average Bonchev–Trinajstić information content (AvgIpc) is 2.90. The maximum absolute atomic E-state index is 5.61. The molecular weight excluding hydrogens is 314 g/mol. The van der Waals surface area contributed by atoms with Crippen LogP contribution in [-0.2, 0) is 6.54 Å². The van der Waals surface area contributed by atoms with Gasteiger partial charge in [0.25, 0.3) is 0 Å². The van der Waals surface area contributed by atoms with Gasteiger partial charge < -0.3 is 15.1 Å². The first-order valence-corrected chi connectivity index (χ1v) is 9.52. The minimum absolute atomic E-state index is 0.525. The normalized spacial score (nSPS) is 18.6. The lowest BCUT2D eigenvalue weighted by molar-refractivity contribution is 0.110. The molecule has 0 amide bonds. The fourth-order valence-electron chi connectivity index (χ4n) is 3.34. The van der Waals surface area contributed by atoms with Gasteiger partial charge in [0, 0.05) is 19.6 Å². The van der Waals surface area contributed by atoms with Crippen molar-refractivity contribution in [1.82, 2.24) is 20.5 Å². The molecule has 1 atom stereocenters. The molecule has 0 aliphatic carbocycles. The van der Waals surface area contributed by atoms with Crippen LogP contribution in [0.3, 0.4) is 0 Å². The van der Waals surface area contributed by atoms with Crippen molar-refractivity contribution in [2.75, 3.05) is 26.7 Å². The van der Waals surface area contributed by atoms with Gasteiger partial charge in [-0.15, -0.1) is 0 Å². The molecule has 1 aromatic rings. The fourth-order valence-corrected chi connectivity index (χ4v) is 3.34. The van der Waals surface area contributed by atoms with E-state index in [0.717, 1.165) is 29.9 Å². The van der Waals surface area contributed by atoms with Gasteiger partial charge in [-0.05, 0) is 51.6 Å². The number of likely N-dealkylation sites (tertiary alicyclic amines) is 1. The lowest BCUT2D eigenvalue weighted by atomic mass is 9.94. The topological polar surface area (TPSA) is 65.7 Å². The van der Waals surface area contributed by atoms with Crippen LogP contribution in [0.2, 0.25) is 0 Å². The van der Waals surface area contributed by atoms with Crippen molar-refractivity contribution in [3.63, 3.8) is 0 Å². The summed E-state index contributed by atoms with van der Waals surface area (Å²) in [4.78, 5) is 11.4. The van der Waals surface area contributed by atoms with Gasteiger partial charge in [-0.2, -0.15) is 0 Å². The van der Waals surface area contributed by atoms with Crippen molar-refractivity contribution in [3.8, 4) is 0 Å². The molecule has 6 nitrogen and oxygen atoms in total. The van der Waals surface area contributed by atoms with Crippen LogP contribution < -0.4 is 10.6 Å². The third kappa shape index (κ3) is 5.73. The number of aryl methyl sites for hydroxylation is 2. The number of oxazole rings is 1. The predicted octanol–water partition coefficient (Wildman–Crippen LogP) is 2.71. The summed E-state index contributed by atoms with van der Waals surface area (Å²) in [6.07, 6.45) is 2.61. The molecule has 0 saturated carbocycles. The summed E-state index contributed by atoms with van der Waals surface area (Å²) in [5, 5.41) is 6.77. The first kappa shape index (κ1) is 19.8. The van der Waals surface area contributed by atoms with Crippen molar-refractivity contribution < 1.29 is 4.42 Å². The summed E-state index contributed by atoms with van der Waals surface area (Å²) in [5.41, 5.74) is 0.943. The second kappa shape index (κ2) is 9.22. The molecule has 2 heterocycles. The second-order valence-corrected chi connectivity index (χ2v) is 7.59. The van der Waals surface area contributed by atoms with Crippen LogP contribution in [0.15, 0.2) is 9.41 Å². The van der Waals surface area contributed by atoms with E-state index in [9.17, 15) is 0 Å². The summed E-state index contributed by atoms with van der Waals surface area (Å²) in [6.45, 7) is 14.7. The molecule has 25 heavy (non-hydrogen) atoms. The number of nitrogens with one attached hydrogen (secondary N) is 2. The Labute approximate surface area is 152 Å². The van der Waals surface area contributed by atoms with Gasteiger partial charge in [0.2, 0.25) is 5.89 Å². The summed E-state index contributed by atoms with van der Waals surface area (Å²) in [7, 11) is 1.80. The van der Waals surface area contributed by atoms with Crippen LogP contribution >= 0.6 is 0 Å². The molecule has 0 radical (unpaired) electrons. The molecule has 0 aromatic carbocycles. The molecule has 0 bridgehead atoms. The molecule has 1 saturated heterocycles. The molecule has 1 fully saturated rings. The highest BCUT2D eigenvalue weighted by molar-refractivity contribution is 5.79. The Balaban J connectivity index is 1.84. The van der Waals surface area contributed by atoms with Gasteiger partial charge in [0.15, 0.2) is 5.96 Å². The maximum Gasteiger partial charge on any atom is 0.214 e. The van der Waals surface area contributed by atoms with E-state index in [1.54, 1.807) is 7.05 Å². The highest BCUT2D eigenvalue weighted by Gasteiger charge is 2.25. The Morgan fingerprint density at radius 1 is 1.28 bits per heavy atom. The number of hydrogen-bond acceptors (Lipinski definition) is 4. The number of guanidine groups is 1. The van der Waals surface area contributed by atoms with Crippen LogP contribution in [0.5, 0.6) is 0 Å². The molecule has 0 spiro atoms. The van der Waals surface area contributed by atoms with E-state index < -0.39 is 0 Å². The third-order valence-electron chi connectivity index (χ3n) is 5.24. The van der Waals surface area contributed by atoms with Gasteiger partial charge in [-0.3, -0.25) is 9.89 Å². The van der Waals surface area contributed by atoms with Crippen LogP contribution in [0, 0.1) is 25.7 Å². The van der Waals surface area contributed by atoms with Gasteiger partial charge >= 0.3 is 0 Å². The van der Waals surface area contributed by atoms with Crippen molar-refractivity contribution in [2.24, 2.45) is 16.8 Å². The molecule has 1 aliphatic rings. The van der Waals surface area contributed by atoms with Gasteiger partial charge in [-0.25, -0.2) is 4.98 Å². The molecular formula is C19H35N5O. The van der Waals surface area contributed by atoms with E-state index in [-0.39, 0.29) is 0 Å². The molecule has 2 N–H and O–H groups in total. The number of aliphatic imine (C=N–C) groups is 1. The zero-order chi connectivity index (χ0) is 18.4. The number of hydrogen-bond donors (Lipinski definition) is 2. The number of aromatic nitrogens is 1. The Morgan fingerprint density at radius 2 is 1.96 bits per heavy atom. The molecule has 142 valence electrons. The zero-order valence-electron chi connectivity index (χ0n) is 16.7. The van der Waals surface area contributed by atoms with Crippen molar-refractivity contribution in [2.45, 2.75) is 60.0 Å². The van der Waals surface area contributed by atoms with Crippen molar-refractivity contribution in [3.05, 3.63) is 17.3 Å². The Kier molecular flexibility index (Phi) is 7.29. The molecule has 1 aliphatic heterocycles. The van der Waals surface area contributed by atoms with Crippen LogP contribution in [0.25, 0.3) is 0 Å². The molecule has 6 heteroatoms. The quantitative estimate of drug-likeness (QED) is 0.611. The number of piperidine rings is 1. The third-order valence-corrected chi connectivity index (χ3v) is 5.24. The zero-order valence-corrected chi connectivity index (χ0v) is 16.7. The van der Waals surface area contributed by atoms with Crippen molar-refractivity contribution in [1.29, 1.82) is 0 Å². The summed E-state index contributed by atoms with van der Waals surface area (Å²) in [6, 6.07) is 0.525. The van der Waals surface area contributed by atoms with E-state index in [4.69, 9.17) is 4.42 Å². The summed E-state index contributed by atoms with van der Waals surface area (Å²) < 4.78 is 5.61. The number of rotatable bonds is 6. The van der Waals surface area contributed by atoms with Crippen LogP contribution in [-0.4, -0.2) is 48.6 Å². The van der Waals surface area contributed by atoms with Gasteiger partial charge in [0.1, 0.15) is 5.76 Å². The molecule has 2 rings (SSSR count). The van der Waals surface area contributed by atoms with E-state index in [2.05, 4.69) is 46.3 Å². The highest BCUT2D eigenvalue weighted by Crippen LogP contribution is 2.21. The lowest BCUT2D eigenvalue weighted by Gasteiger charge is -2.39. The summed E-state index contributed by atoms with van der Waals surface area (Å²) in [5.74, 6) is 3.84. The van der Waals surface area contributed by atoms with Crippen LogP contribution in [0.1, 0.15) is 51.0 Å². The smallest absolute Gasteiger partial charge is 0.214 e. The monoisotopic (exact) mass is 349 g/mol. The average molecular weight is 350 g/mol. The molecule has 1 unspecified atom stereocenters. The summed E-state index contributed by atoms with van der Waals surface area (Å²) >= 11 is 0. The Bertz CT molecular complexity index is 539. The lowest BCUT2D eigenvalue weighted by Crippen LogP contribution is -2.51. The van der Waals surface area contributed by atoms with E-state index >= 15 is 0 Å². The SMILES string of the molecule is CN=C(NCc1nc(C)c(C)o1)NCC(C(C)C)N1CCC(C)CC1. The second-order valence-electron chi connectivity index (χ2n) is 7.59. The highest BCUT2D eigenvalue weighted by atomic mass is 16.4.